The summed E-state index contributed by atoms with van der Waals surface area (Å²) in [5.41, 5.74) is 6.34. The second-order valence-electron chi connectivity index (χ2n) is 5.69. The molecule has 0 spiro atoms. The van der Waals surface area contributed by atoms with Crippen LogP contribution in [-0.2, 0) is 11.3 Å². The van der Waals surface area contributed by atoms with Gasteiger partial charge < -0.3 is 10.3 Å². The highest BCUT2D eigenvalue weighted by molar-refractivity contribution is 8.00. The van der Waals surface area contributed by atoms with E-state index in [0.717, 1.165) is 35.9 Å². The van der Waals surface area contributed by atoms with E-state index in [1.807, 2.05) is 24.3 Å². The molecule has 0 bridgehead atoms. The summed E-state index contributed by atoms with van der Waals surface area (Å²) < 4.78 is 2.07. The smallest absolute Gasteiger partial charge is 0.230 e. The molecule has 130 valence electrons. The van der Waals surface area contributed by atoms with Crippen LogP contribution in [-0.4, -0.2) is 25.9 Å². The Morgan fingerprint density at radius 1 is 1.25 bits per heavy atom. The molecule has 7 heteroatoms. The topological polar surface area (TPSA) is 73.8 Å². The van der Waals surface area contributed by atoms with Crippen molar-refractivity contribution in [2.75, 3.05) is 0 Å². The minimum atomic E-state index is -0.353. The van der Waals surface area contributed by atoms with Crippen molar-refractivity contribution < 1.29 is 4.79 Å². The van der Waals surface area contributed by atoms with Crippen molar-refractivity contribution in [3.8, 4) is 11.4 Å². The maximum atomic E-state index is 11.4. The molecule has 1 amide bonds. The number of thioether (sulfide) groups is 1. The monoisotopic (exact) mass is 366 g/mol. The molecule has 2 aromatic rings. The van der Waals surface area contributed by atoms with E-state index in [1.54, 1.807) is 6.92 Å². The first-order chi connectivity index (χ1) is 11.5. The third-order valence-corrected chi connectivity index (χ3v) is 5.09. The molecule has 0 fully saturated rings. The summed E-state index contributed by atoms with van der Waals surface area (Å²) in [6.07, 6.45) is 4.60. The summed E-state index contributed by atoms with van der Waals surface area (Å²) in [6, 6.07) is 7.54. The average Bonchev–Trinajstić information content (AvgIpc) is 2.95. The van der Waals surface area contributed by atoms with E-state index in [0.29, 0.717) is 5.02 Å². The van der Waals surface area contributed by atoms with Gasteiger partial charge in [0.25, 0.3) is 0 Å². The van der Waals surface area contributed by atoms with Crippen molar-refractivity contribution in [3.05, 3.63) is 29.3 Å². The first kappa shape index (κ1) is 18.8. The highest BCUT2D eigenvalue weighted by Crippen LogP contribution is 2.28. The fraction of sp³-hybridized carbons (Fsp3) is 0.471. The zero-order chi connectivity index (χ0) is 17.5. The number of benzene rings is 1. The number of halogens is 1. The summed E-state index contributed by atoms with van der Waals surface area (Å²) in [6.45, 7) is 4.79. The Labute approximate surface area is 152 Å². The Hall–Kier alpha value is -1.53. The maximum absolute atomic E-state index is 11.4. The number of nitrogens with zero attached hydrogens (tertiary/aromatic N) is 3. The molecule has 0 saturated heterocycles. The first-order valence-corrected chi connectivity index (χ1v) is 9.43. The SMILES string of the molecule is CCCCCCn1c(SC(C)C(N)=O)nnc1-c1ccc(Cl)cc1. The fourth-order valence-corrected chi connectivity index (χ4v) is 3.25. The van der Waals surface area contributed by atoms with Gasteiger partial charge in [0, 0.05) is 17.1 Å². The lowest BCUT2D eigenvalue weighted by molar-refractivity contribution is -0.117. The van der Waals surface area contributed by atoms with Gasteiger partial charge in [0.15, 0.2) is 11.0 Å². The van der Waals surface area contributed by atoms with Crippen LogP contribution in [0.5, 0.6) is 0 Å². The van der Waals surface area contributed by atoms with Crippen LogP contribution in [0.4, 0.5) is 0 Å². The first-order valence-electron chi connectivity index (χ1n) is 8.18. The van der Waals surface area contributed by atoms with Crippen LogP contribution in [0.2, 0.25) is 5.02 Å². The Kier molecular flexibility index (Phi) is 7.12. The molecule has 1 aromatic carbocycles. The third kappa shape index (κ3) is 4.98. The number of hydrogen-bond donors (Lipinski definition) is 1. The van der Waals surface area contributed by atoms with Crippen LogP contribution in [0.15, 0.2) is 29.4 Å². The zero-order valence-electron chi connectivity index (χ0n) is 14.0. The van der Waals surface area contributed by atoms with E-state index in [-0.39, 0.29) is 11.2 Å². The number of unbranched alkanes of at least 4 members (excludes halogenated alkanes) is 3. The summed E-state index contributed by atoms with van der Waals surface area (Å²) >= 11 is 7.32. The molecule has 0 aliphatic heterocycles. The van der Waals surface area contributed by atoms with Crippen molar-refractivity contribution >= 4 is 29.3 Å². The van der Waals surface area contributed by atoms with Gasteiger partial charge in [-0.2, -0.15) is 0 Å². The molecule has 1 aromatic heterocycles. The largest absolute Gasteiger partial charge is 0.369 e. The summed E-state index contributed by atoms with van der Waals surface area (Å²) in [5.74, 6) is 0.441. The minimum absolute atomic E-state index is 0.346. The molecule has 24 heavy (non-hydrogen) atoms. The molecular formula is C17H23ClN4OS. The molecule has 5 nitrogen and oxygen atoms in total. The van der Waals surface area contributed by atoms with E-state index in [2.05, 4.69) is 21.7 Å². The van der Waals surface area contributed by atoms with Crippen molar-refractivity contribution in [2.45, 2.75) is 56.5 Å². The Morgan fingerprint density at radius 3 is 2.58 bits per heavy atom. The second kappa shape index (κ2) is 9.08. The van der Waals surface area contributed by atoms with E-state index in [9.17, 15) is 4.79 Å². The zero-order valence-corrected chi connectivity index (χ0v) is 15.6. The van der Waals surface area contributed by atoms with E-state index in [1.165, 1.54) is 24.6 Å². The summed E-state index contributed by atoms with van der Waals surface area (Å²) in [7, 11) is 0. The van der Waals surface area contributed by atoms with Crippen LogP contribution in [0.1, 0.15) is 39.5 Å². The maximum Gasteiger partial charge on any atom is 0.230 e. The molecule has 2 N–H and O–H groups in total. The van der Waals surface area contributed by atoms with Crippen LogP contribution in [0, 0.1) is 0 Å². The van der Waals surface area contributed by atoms with E-state index >= 15 is 0 Å². The number of amides is 1. The average molecular weight is 367 g/mol. The number of hydrogen-bond acceptors (Lipinski definition) is 4. The molecule has 0 aliphatic carbocycles. The molecule has 1 unspecified atom stereocenters. The Bertz CT molecular complexity index is 672. The number of rotatable bonds is 9. The molecular weight excluding hydrogens is 344 g/mol. The highest BCUT2D eigenvalue weighted by atomic mass is 35.5. The molecule has 1 atom stereocenters. The van der Waals surface area contributed by atoms with Gasteiger partial charge in [0.1, 0.15) is 0 Å². The predicted molar refractivity (Wildman–Crippen MR) is 99.1 cm³/mol. The number of carbonyl (C=O) groups excluding carboxylic acids is 1. The molecule has 0 radical (unpaired) electrons. The third-order valence-electron chi connectivity index (χ3n) is 3.74. The van der Waals surface area contributed by atoms with Gasteiger partial charge in [0.2, 0.25) is 5.91 Å². The summed E-state index contributed by atoms with van der Waals surface area (Å²) in [4.78, 5) is 11.4. The van der Waals surface area contributed by atoms with Gasteiger partial charge in [0.05, 0.1) is 5.25 Å². The van der Waals surface area contributed by atoms with Crippen molar-refractivity contribution in [1.29, 1.82) is 0 Å². The predicted octanol–water partition coefficient (Wildman–Crippen LogP) is 4.14. The van der Waals surface area contributed by atoms with Gasteiger partial charge in [-0.25, -0.2) is 0 Å². The van der Waals surface area contributed by atoms with Crippen LogP contribution < -0.4 is 5.73 Å². The molecule has 0 saturated carbocycles. The van der Waals surface area contributed by atoms with Gasteiger partial charge in [-0.05, 0) is 37.6 Å². The van der Waals surface area contributed by atoms with Gasteiger partial charge in [-0.1, -0.05) is 49.5 Å². The van der Waals surface area contributed by atoms with Crippen molar-refractivity contribution in [2.24, 2.45) is 5.73 Å². The number of nitrogens with two attached hydrogens (primary N) is 1. The van der Waals surface area contributed by atoms with E-state index < -0.39 is 0 Å². The summed E-state index contributed by atoms with van der Waals surface area (Å²) in [5, 5.41) is 9.66. The number of primary amides is 1. The van der Waals surface area contributed by atoms with Crippen molar-refractivity contribution in [3.63, 3.8) is 0 Å². The van der Waals surface area contributed by atoms with Gasteiger partial charge >= 0.3 is 0 Å². The van der Waals surface area contributed by atoms with Crippen molar-refractivity contribution in [1.82, 2.24) is 14.8 Å². The second-order valence-corrected chi connectivity index (χ2v) is 7.43. The van der Waals surface area contributed by atoms with Crippen LogP contribution in [0.25, 0.3) is 11.4 Å². The molecule has 1 heterocycles. The fourth-order valence-electron chi connectivity index (χ4n) is 2.30. The van der Waals surface area contributed by atoms with Crippen LogP contribution >= 0.6 is 23.4 Å². The Morgan fingerprint density at radius 2 is 1.96 bits per heavy atom. The van der Waals surface area contributed by atoms with Gasteiger partial charge in [-0.3, -0.25) is 4.79 Å². The molecule has 0 aliphatic rings. The Balaban J connectivity index is 2.26. The van der Waals surface area contributed by atoms with Crippen LogP contribution in [0.3, 0.4) is 0 Å². The highest BCUT2D eigenvalue weighted by Gasteiger charge is 2.19. The number of carbonyl (C=O) groups is 1. The lowest BCUT2D eigenvalue weighted by atomic mass is 10.2. The molecule has 2 rings (SSSR count). The van der Waals surface area contributed by atoms with E-state index in [4.69, 9.17) is 17.3 Å². The lowest BCUT2D eigenvalue weighted by Gasteiger charge is -2.12. The standard InChI is InChI=1S/C17H23ClN4OS/c1-3-4-5-6-11-22-16(13-7-9-14(18)10-8-13)20-21-17(22)24-12(2)15(19)23/h7-10,12H,3-6,11H2,1-2H3,(H2,19,23). The lowest BCUT2D eigenvalue weighted by Crippen LogP contribution is -2.23. The van der Waals surface area contributed by atoms with Gasteiger partial charge in [-0.15, -0.1) is 10.2 Å². The normalized spacial score (nSPS) is 12.3. The quantitative estimate of drug-likeness (QED) is 0.534. The minimum Gasteiger partial charge on any atom is -0.369 e. The number of aromatic nitrogens is 3.